The lowest BCUT2D eigenvalue weighted by Gasteiger charge is -2.16. The Balaban J connectivity index is 1.16. The van der Waals surface area contributed by atoms with E-state index in [1.807, 2.05) is 30.3 Å². The number of rotatable bonds is 4. The second kappa shape index (κ2) is 11.3. The monoisotopic (exact) mass is 667 g/mol. The van der Waals surface area contributed by atoms with Gasteiger partial charge in [0.15, 0.2) is 17.5 Å². The van der Waals surface area contributed by atoms with Crippen LogP contribution in [0, 0.1) is 0 Å². The summed E-state index contributed by atoms with van der Waals surface area (Å²) in [5.74, 6) is 1.79. The summed E-state index contributed by atoms with van der Waals surface area (Å²) in [5.41, 5.74) is 11.1. The third-order valence-electron chi connectivity index (χ3n) is 10.4. The van der Waals surface area contributed by atoms with Crippen LogP contribution in [-0.2, 0) is 6.42 Å². The maximum absolute atomic E-state index is 6.62. The van der Waals surface area contributed by atoms with Crippen LogP contribution in [0.1, 0.15) is 17.5 Å². The summed E-state index contributed by atoms with van der Waals surface area (Å²) in [6.45, 7) is 0. The van der Waals surface area contributed by atoms with Crippen LogP contribution in [0.15, 0.2) is 154 Å². The van der Waals surface area contributed by atoms with Gasteiger partial charge in [-0.25, -0.2) is 15.0 Å². The van der Waals surface area contributed by atoms with Crippen molar-refractivity contribution in [1.82, 2.24) is 15.0 Å². The highest BCUT2D eigenvalue weighted by Gasteiger charge is 2.22. The molecular weight excluding hydrogens is 639 g/mol. The number of furan rings is 2. The topological polar surface area (TPSA) is 65.0 Å². The molecule has 0 radical (unpaired) electrons. The van der Waals surface area contributed by atoms with E-state index in [2.05, 4.69) is 121 Å². The van der Waals surface area contributed by atoms with Gasteiger partial charge in [-0.3, -0.25) is 0 Å². The van der Waals surface area contributed by atoms with Crippen molar-refractivity contribution in [2.45, 2.75) is 12.8 Å². The zero-order valence-corrected chi connectivity index (χ0v) is 28.0. The van der Waals surface area contributed by atoms with Gasteiger partial charge in [0.05, 0.1) is 0 Å². The number of hydrogen-bond donors (Lipinski definition) is 0. The molecule has 5 heteroatoms. The normalized spacial score (nSPS) is 12.8. The smallest absolute Gasteiger partial charge is 0.164 e. The van der Waals surface area contributed by atoms with Crippen molar-refractivity contribution in [3.05, 3.63) is 157 Å². The maximum atomic E-state index is 6.62. The van der Waals surface area contributed by atoms with Gasteiger partial charge in [0.1, 0.15) is 22.3 Å². The fourth-order valence-corrected chi connectivity index (χ4v) is 7.91. The molecule has 0 aliphatic heterocycles. The van der Waals surface area contributed by atoms with Crippen molar-refractivity contribution in [2.24, 2.45) is 0 Å². The molecule has 0 saturated heterocycles. The predicted molar refractivity (Wildman–Crippen MR) is 211 cm³/mol. The first-order valence-corrected chi connectivity index (χ1v) is 17.7. The fourth-order valence-electron chi connectivity index (χ4n) is 7.91. The zero-order chi connectivity index (χ0) is 34.2. The molecule has 0 bridgehead atoms. The van der Waals surface area contributed by atoms with E-state index in [0.29, 0.717) is 17.5 Å². The summed E-state index contributed by atoms with van der Waals surface area (Å²) in [4.78, 5) is 15.5. The Kier molecular flexibility index (Phi) is 6.31. The van der Waals surface area contributed by atoms with Crippen molar-refractivity contribution >= 4 is 60.7 Å². The van der Waals surface area contributed by atoms with Crippen LogP contribution in [0.3, 0.4) is 0 Å². The number of nitrogens with zero attached hydrogens (tertiary/aromatic N) is 3. The van der Waals surface area contributed by atoms with Gasteiger partial charge in [-0.2, -0.15) is 0 Å². The molecule has 244 valence electrons. The van der Waals surface area contributed by atoms with E-state index >= 15 is 0 Å². The highest BCUT2D eigenvalue weighted by atomic mass is 16.3. The molecular formula is C47H29N3O2. The molecule has 0 spiro atoms. The van der Waals surface area contributed by atoms with Crippen LogP contribution in [0.4, 0.5) is 0 Å². The molecule has 1 aliphatic rings. The lowest BCUT2D eigenvalue weighted by Crippen LogP contribution is -2.00. The summed E-state index contributed by atoms with van der Waals surface area (Å²) in [5, 5.41) is 6.43. The largest absolute Gasteiger partial charge is 0.456 e. The van der Waals surface area contributed by atoms with Crippen LogP contribution in [-0.4, -0.2) is 15.0 Å². The molecule has 7 aromatic carbocycles. The average Bonchev–Trinajstić information content (AvgIpc) is 3.79. The highest BCUT2D eigenvalue weighted by molar-refractivity contribution is 6.12. The van der Waals surface area contributed by atoms with Crippen LogP contribution < -0.4 is 0 Å². The molecule has 10 aromatic rings. The van der Waals surface area contributed by atoms with E-state index in [1.165, 1.54) is 27.6 Å². The maximum Gasteiger partial charge on any atom is 0.164 e. The Hall–Kier alpha value is -6.85. The second-order valence-electron chi connectivity index (χ2n) is 13.5. The van der Waals surface area contributed by atoms with E-state index in [9.17, 15) is 0 Å². The van der Waals surface area contributed by atoms with Crippen molar-refractivity contribution in [3.63, 3.8) is 0 Å². The summed E-state index contributed by atoms with van der Waals surface area (Å²) >= 11 is 0. The molecule has 5 nitrogen and oxygen atoms in total. The fraction of sp³-hybridized carbons (Fsp3) is 0.0426. The van der Waals surface area contributed by atoms with Crippen molar-refractivity contribution in [2.75, 3.05) is 0 Å². The Morgan fingerprint density at radius 3 is 2.10 bits per heavy atom. The number of para-hydroxylation sites is 1. The van der Waals surface area contributed by atoms with E-state index < -0.39 is 0 Å². The Morgan fingerprint density at radius 2 is 1.19 bits per heavy atom. The Labute approximate surface area is 298 Å². The second-order valence-corrected chi connectivity index (χ2v) is 13.5. The van der Waals surface area contributed by atoms with E-state index in [1.54, 1.807) is 0 Å². The molecule has 52 heavy (non-hydrogen) atoms. The molecule has 0 amide bonds. The number of allylic oxidation sites excluding steroid dienone is 1. The molecule has 0 N–H and O–H groups in total. The van der Waals surface area contributed by atoms with Gasteiger partial charge < -0.3 is 8.83 Å². The number of fused-ring (bicyclic) bond motifs is 9. The van der Waals surface area contributed by atoms with Gasteiger partial charge in [0.2, 0.25) is 0 Å². The zero-order valence-electron chi connectivity index (χ0n) is 28.0. The van der Waals surface area contributed by atoms with E-state index in [-0.39, 0.29) is 0 Å². The van der Waals surface area contributed by atoms with Gasteiger partial charge in [-0.15, -0.1) is 0 Å². The number of hydrogen-bond acceptors (Lipinski definition) is 5. The van der Waals surface area contributed by atoms with Crippen LogP contribution in [0.25, 0.3) is 106 Å². The van der Waals surface area contributed by atoms with Gasteiger partial charge in [0.25, 0.3) is 0 Å². The highest BCUT2D eigenvalue weighted by Crippen LogP contribution is 2.42. The van der Waals surface area contributed by atoms with E-state index in [0.717, 1.165) is 78.8 Å². The minimum absolute atomic E-state index is 0.591. The first kappa shape index (κ1) is 28.9. The first-order chi connectivity index (χ1) is 25.7. The summed E-state index contributed by atoms with van der Waals surface area (Å²) in [7, 11) is 0. The summed E-state index contributed by atoms with van der Waals surface area (Å²) in [6, 6.07) is 48.2. The third kappa shape index (κ3) is 4.53. The quantitative estimate of drug-likeness (QED) is 0.187. The van der Waals surface area contributed by atoms with Gasteiger partial charge in [-0.1, -0.05) is 109 Å². The molecule has 11 rings (SSSR count). The minimum atomic E-state index is 0.591. The molecule has 0 fully saturated rings. The summed E-state index contributed by atoms with van der Waals surface area (Å²) in [6.07, 6.45) is 6.48. The lowest BCUT2D eigenvalue weighted by molar-refractivity contribution is 0.666. The lowest BCUT2D eigenvalue weighted by atomic mass is 9.87. The number of aromatic nitrogens is 3. The van der Waals surface area contributed by atoms with Gasteiger partial charge in [0, 0.05) is 43.8 Å². The Bertz CT molecular complexity index is 3080. The molecule has 0 unspecified atom stereocenters. The first-order valence-electron chi connectivity index (χ1n) is 17.7. The van der Waals surface area contributed by atoms with Gasteiger partial charge in [-0.05, 0) is 82.8 Å². The average molecular weight is 668 g/mol. The van der Waals surface area contributed by atoms with E-state index in [4.69, 9.17) is 23.8 Å². The molecule has 0 atom stereocenters. The van der Waals surface area contributed by atoms with Crippen molar-refractivity contribution in [1.29, 1.82) is 0 Å². The van der Waals surface area contributed by atoms with Crippen molar-refractivity contribution < 1.29 is 8.83 Å². The Morgan fingerprint density at radius 1 is 0.462 bits per heavy atom. The molecule has 3 aromatic heterocycles. The standard InChI is InChI=1S/C47H29N3O2/c1-2-12-29(13-3-1)37-27-39-38-26-32(23-24-41(38)52-44(39)34-16-7-6-15-33(34)37)46-48-45(31-22-21-28-11-4-5-14-30(28)25-31)49-47(50-46)36-18-10-20-42-43(36)35-17-8-9-19-40(35)51-42/h1-5,7-14,16-27H,6,15H2. The van der Waals surface area contributed by atoms with Crippen LogP contribution in [0.5, 0.6) is 0 Å². The third-order valence-corrected chi connectivity index (χ3v) is 10.4. The van der Waals surface area contributed by atoms with Gasteiger partial charge >= 0.3 is 0 Å². The molecule has 1 aliphatic carbocycles. The molecule has 0 saturated carbocycles. The SMILES string of the molecule is C1=Cc2c(c(-c3ccccc3)cc3c2oc2ccc(-c4nc(-c5ccc6ccccc6c5)nc(-c5cccc6oc7ccccc7c56)n4)cc23)CC1. The van der Waals surface area contributed by atoms with Crippen LogP contribution in [0.2, 0.25) is 0 Å². The van der Waals surface area contributed by atoms with Crippen molar-refractivity contribution in [3.8, 4) is 45.3 Å². The minimum Gasteiger partial charge on any atom is -0.456 e. The number of benzene rings is 7. The summed E-state index contributed by atoms with van der Waals surface area (Å²) < 4.78 is 12.9. The van der Waals surface area contributed by atoms with Crippen LogP contribution >= 0.6 is 0 Å². The molecule has 3 heterocycles. The predicted octanol–water partition coefficient (Wildman–Crippen LogP) is 12.5.